The lowest BCUT2D eigenvalue weighted by Gasteiger charge is -2.29. The molecule has 1 atom stereocenters. The number of hydrogen-bond donors (Lipinski definition) is 0. The predicted octanol–water partition coefficient (Wildman–Crippen LogP) is 4.60. The zero-order valence-electron chi connectivity index (χ0n) is 12.8. The van der Waals surface area contributed by atoms with Crippen molar-refractivity contribution in [2.24, 2.45) is 0 Å². The van der Waals surface area contributed by atoms with Crippen molar-refractivity contribution in [1.29, 1.82) is 0 Å². The van der Waals surface area contributed by atoms with Gasteiger partial charge in [-0.2, -0.15) is 0 Å². The molecule has 1 heterocycles. The number of rotatable bonds is 3. The summed E-state index contributed by atoms with van der Waals surface area (Å²) >= 11 is 6.07. The molecule has 2 aromatic rings. The highest BCUT2D eigenvalue weighted by Crippen LogP contribution is 2.35. The lowest BCUT2D eigenvalue weighted by atomic mass is 9.94. The normalized spacial score (nSPS) is 17.7. The highest BCUT2D eigenvalue weighted by atomic mass is 35.5. The molecule has 0 bridgehead atoms. The van der Waals surface area contributed by atoms with E-state index in [1.165, 1.54) is 23.6 Å². The van der Waals surface area contributed by atoms with Gasteiger partial charge in [-0.25, -0.2) is 4.39 Å². The fraction of sp³-hybridized carbons (Fsp3) is 0.263. The third kappa shape index (κ3) is 2.70. The molecule has 0 fully saturated rings. The standard InChI is InChI=1S/C19H18ClFN2/c20-23-11-10-22(13-23)19(17-6-1-2-7-18(17)21)16-9-8-14-4-3-5-15(14)12-16/h1-2,6-12,19H,3-5,13H2. The van der Waals surface area contributed by atoms with Crippen molar-refractivity contribution in [3.8, 4) is 0 Å². The summed E-state index contributed by atoms with van der Waals surface area (Å²) in [5, 5.41) is 0. The smallest absolute Gasteiger partial charge is 0.128 e. The van der Waals surface area contributed by atoms with Crippen molar-refractivity contribution >= 4 is 11.8 Å². The molecule has 4 rings (SSSR count). The molecule has 0 aromatic heterocycles. The average molecular weight is 329 g/mol. The lowest BCUT2D eigenvalue weighted by molar-refractivity contribution is 0.286. The Hall–Kier alpha value is -2.00. The summed E-state index contributed by atoms with van der Waals surface area (Å²) in [6.07, 6.45) is 7.21. The molecule has 2 aromatic carbocycles. The van der Waals surface area contributed by atoms with Gasteiger partial charge in [0.2, 0.25) is 0 Å². The summed E-state index contributed by atoms with van der Waals surface area (Å²) in [6.45, 7) is 0.539. The molecule has 0 N–H and O–H groups in total. The maximum absolute atomic E-state index is 14.5. The van der Waals surface area contributed by atoms with Crippen LogP contribution in [0.2, 0.25) is 0 Å². The third-order valence-corrected chi connectivity index (χ3v) is 4.91. The van der Waals surface area contributed by atoms with Crippen LogP contribution < -0.4 is 0 Å². The topological polar surface area (TPSA) is 6.48 Å². The van der Waals surface area contributed by atoms with Gasteiger partial charge in [0.1, 0.15) is 12.5 Å². The Bertz CT molecular complexity index is 759. The number of aryl methyl sites for hydroxylation is 2. The van der Waals surface area contributed by atoms with E-state index in [-0.39, 0.29) is 11.9 Å². The van der Waals surface area contributed by atoms with Gasteiger partial charge in [0.05, 0.1) is 6.04 Å². The molecule has 0 amide bonds. The Morgan fingerprint density at radius 1 is 1.00 bits per heavy atom. The Kier molecular flexibility index (Phi) is 3.74. The van der Waals surface area contributed by atoms with Crippen LogP contribution in [0.5, 0.6) is 0 Å². The molecule has 118 valence electrons. The fourth-order valence-electron chi connectivity index (χ4n) is 3.58. The van der Waals surface area contributed by atoms with E-state index in [1.54, 1.807) is 10.5 Å². The van der Waals surface area contributed by atoms with Crippen LogP contribution in [0.1, 0.15) is 34.7 Å². The minimum absolute atomic E-state index is 0.165. The van der Waals surface area contributed by atoms with Crippen molar-refractivity contribution in [3.05, 3.63) is 82.9 Å². The van der Waals surface area contributed by atoms with Crippen LogP contribution in [0.15, 0.2) is 54.9 Å². The second kappa shape index (κ2) is 5.89. The average Bonchev–Trinajstić information content (AvgIpc) is 3.18. The van der Waals surface area contributed by atoms with Crippen LogP contribution in [-0.4, -0.2) is 16.0 Å². The van der Waals surface area contributed by atoms with Gasteiger partial charge in [-0.3, -0.25) is 4.42 Å². The largest absolute Gasteiger partial charge is 0.346 e. The molecular weight excluding hydrogens is 311 g/mol. The maximum Gasteiger partial charge on any atom is 0.128 e. The lowest BCUT2D eigenvalue weighted by Crippen LogP contribution is -2.27. The van der Waals surface area contributed by atoms with Crippen LogP contribution in [0.25, 0.3) is 0 Å². The minimum atomic E-state index is -0.181. The molecule has 0 saturated carbocycles. The first kappa shape index (κ1) is 14.6. The number of benzene rings is 2. The second-order valence-corrected chi connectivity index (χ2v) is 6.59. The molecule has 4 heteroatoms. The molecular formula is C19H18ClFN2. The number of halogens is 2. The molecule has 1 aliphatic heterocycles. The van der Waals surface area contributed by atoms with Crippen molar-refractivity contribution in [2.75, 3.05) is 6.67 Å². The SMILES string of the molecule is Fc1ccccc1C(c1ccc2c(c1)CCC2)N1C=CN(Cl)C1. The quantitative estimate of drug-likeness (QED) is 0.759. The van der Waals surface area contributed by atoms with E-state index >= 15 is 0 Å². The highest BCUT2D eigenvalue weighted by Gasteiger charge is 2.27. The van der Waals surface area contributed by atoms with E-state index in [9.17, 15) is 4.39 Å². The van der Waals surface area contributed by atoms with Crippen LogP contribution in [0, 0.1) is 5.82 Å². The minimum Gasteiger partial charge on any atom is -0.346 e. The zero-order valence-corrected chi connectivity index (χ0v) is 13.5. The van der Waals surface area contributed by atoms with Crippen LogP contribution >= 0.6 is 11.8 Å². The molecule has 0 radical (unpaired) electrons. The summed E-state index contributed by atoms with van der Waals surface area (Å²) in [4.78, 5) is 2.07. The Labute approximate surface area is 140 Å². The predicted molar refractivity (Wildman–Crippen MR) is 90.2 cm³/mol. The molecule has 23 heavy (non-hydrogen) atoms. The Morgan fingerprint density at radius 3 is 2.61 bits per heavy atom. The van der Waals surface area contributed by atoms with E-state index < -0.39 is 0 Å². The molecule has 2 nitrogen and oxygen atoms in total. The van der Waals surface area contributed by atoms with E-state index in [4.69, 9.17) is 11.8 Å². The molecule has 1 aliphatic carbocycles. The summed E-state index contributed by atoms with van der Waals surface area (Å²) in [7, 11) is 0. The van der Waals surface area contributed by atoms with Crippen LogP contribution in [0.4, 0.5) is 4.39 Å². The number of fused-ring (bicyclic) bond motifs is 1. The summed E-state index contributed by atoms with van der Waals surface area (Å²) in [5.74, 6) is -0.181. The van der Waals surface area contributed by atoms with Gasteiger partial charge in [-0.05, 0) is 42.0 Å². The van der Waals surface area contributed by atoms with Gasteiger partial charge in [0, 0.05) is 29.7 Å². The summed E-state index contributed by atoms with van der Waals surface area (Å²) in [6, 6.07) is 13.4. The van der Waals surface area contributed by atoms with Gasteiger partial charge in [0.15, 0.2) is 0 Å². The van der Waals surface area contributed by atoms with Crippen LogP contribution in [0.3, 0.4) is 0 Å². The Morgan fingerprint density at radius 2 is 1.83 bits per heavy atom. The van der Waals surface area contributed by atoms with Crippen molar-refractivity contribution in [1.82, 2.24) is 9.32 Å². The summed E-state index contributed by atoms with van der Waals surface area (Å²) in [5.41, 5.74) is 4.63. The summed E-state index contributed by atoms with van der Waals surface area (Å²) < 4.78 is 16.0. The monoisotopic (exact) mass is 328 g/mol. The van der Waals surface area contributed by atoms with E-state index in [2.05, 4.69) is 23.1 Å². The van der Waals surface area contributed by atoms with E-state index in [0.29, 0.717) is 12.2 Å². The first-order chi connectivity index (χ1) is 11.2. The highest BCUT2D eigenvalue weighted by molar-refractivity contribution is 6.14. The first-order valence-electron chi connectivity index (χ1n) is 7.95. The van der Waals surface area contributed by atoms with Gasteiger partial charge in [-0.1, -0.05) is 36.4 Å². The van der Waals surface area contributed by atoms with E-state index in [0.717, 1.165) is 18.4 Å². The fourth-order valence-corrected chi connectivity index (χ4v) is 3.76. The molecule has 0 saturated heterocycles. The number of hydrogen-bond acceptors (Lipinski definition) is 2. The number of nitrogens with zero attached hydrogens (tertiary/aromatic N) is 2. The van der Waals surface area contributed by atoms with Crippen molar-refractivity contribution in [2.45, 2.75) is 25.3 Å². The van der Waals surface area contributed by atoms with Crippen LogP contribution in [-0.2, 0) is 12.8 Å². The molecule has 0 spiro atoms. The van der Waals surface area contributed by atoms with E-state index in [1.807, 2.05) is 24.5 Å². The van der Waals surface area contributed by atoms with Crippen molar-refractivity contribution < 1.29 is 4.39 Å². The van der Waals surface area contributed by atoms with Gasteiger partial charge >= 0.3 is 0 Å². The third-order valence-electron chi connectivity index (χ3n) is 4.69. The molecule has 1 unspecified atom stereocenters. The Balaban J connectivity index is 1.79. The maximum atomic E-state index is 14.5. The van der Waals surface area contributed by atoms with Gasteiger partial charge < -0.3 is 4.90 Å². The zero-order chi connectivity index (χ0) is 15.8. The second-order valence-electron chi connectivity index (χ2n) is 6.16. The van der Waals surface area contributed by atoms with Gasteiger partial charge in [-0.15, -0.1) is 0 Å². The molecule has 2 aliphatic rings. The van der Waals surface area contributed by atoms with Gasteiger partial charge in [0.25, 0.3) is 0 Å². The first-order valence-corrected chi connectivity index (χ1v) is 8.29. The van der Waals surface area contributed by atoms with Crippen molar-refractivity contribution in [3.63, 3.8) is 0 Å².